The van der Waals surface area contributed by atoms with E-state index in [1.807, 2.05) is 13.8 Å². The van der Waals surface area contributed by atoms with E-state index in [-0.39, 0.29) is 5.41 Å². The molecule has 1 aliphatic carbocycles. The maximum absolute atomic E-state index is 10.7. The quantitative estimate of drug-likeness (QED) is 0.810. The Morgan fingerprint density at radius 1 is 1.28 bits per heavy atom. The second kappa shape index (κ2) is 8.52. The lowest BCUT2D eigenvalue weighted by atomic mass is 9.84. The van der Waals surface area contributed by atoms with E-state index in [0.717, 1.165) is 31.8 Å². The number of carboxylic acid groups (broad SMARTS) is 1. The molecule has 3 nitrogen and oxygen atoms in total. The van der Waals surface area contributed by atoms with Crippen LogP contribution in [0.4, 0.5) is 0 Å². The van der Waals surface area contributed by atoms with Gasteiger partial charge >= 0.3 is 5.97 Å². The van der Waals surface area contributed by atoms with Crippen molar-refractivity contribution in [3.63, 3.8) is 0 Å². The van der Waals surface area contributed by atoms with Gasteiger partial charge in [-0.15, -0.1) is 0 Å². The fourth-order valence-corrected chi connectivity index (χ4v) is 1.90. The molecule has 0 bridgehead atoms. The largest absolute Gasteiger partial charge is 0.481 e. The molecular weight excluding hydrogens is 226 g/mol. The molecule has 2 fully saturated rings. The lowest BCUT2D eigenvalue weighted by Gasteiger charge is -2.32. The van der Waals surface area contributed by atoms with E-state index >= 15 is 0 Å². The highest BCUT2D eigenvalue weighted by Crippen LogP contribution is 2.53. The van der Waals surface area contributed by atoms with Crippen molar-refractivity contribution in [1.29, 1.82) is 0 Å². The fraction of sp³-hybridized carbons (Fsp3) is 0.933. The smallest absolute Gasteiger partial charge is 0.310 e. The van der Waals surface area contributed by atoms with Crippen molar-refractivity contribution < 1.29 is 9.90 Å². The first-order chi connectivity index (χ1) is 8.56. The van der Waals surface area contributed by atoms with Crippen molar-refractivity contribution >= 4 is 5.97 Å². The van der Waals surface area contributed by atoms with Crippen LogP contribution >= 0.6 is 0 Å². The molecule has 2 rings (SSSR count). The number of rotatable bonds is 4. The molecule has 108 valence electrons. The van der Waals surface area contributed by atoms with Crippen LogP contribution in [-0.2, 0) is 4.79 Å². The van der Waals surface area contributed by atoms with Crippen molar-refractivity contribution in [2.24, 2.45) is 17.3 Å². The van der Waals surface area contributed by atoms with Crippen LogP contribution < -0.4 is 5.32 Å². The number of hydrogen-bond acceptors (Lipinski definition) is 2. The first-order valence-electron chi connectivity index (χ1n) is 7.51. The van der Waals surface area contributed by atoms with Crippen LogP contribution in [0.5, 0.6) is 0 Å². The Bertz CT molecular complexity index is 229. The van der Waals surface area contributed by atoms with Gasteiger partial charge in [0.15, 0.2) is 0 Å². The van der Waals surface area contributed by atoms with E-state index < -0.39 is 5.97 Å². The molecular formula is C15H31NO2. The summed E-state index contributed by atoms with van der Waals surface area (Å²) in [7, 11) is 0. The van der Waals surface area contributed by atoms with Crippen LogP contribution in [0.1, 0.15) is 60.3 Å². The Kier molecular flexibility index (Phi) is 8.25. The zero-order valence-electron chi connectivity index (χ0n) is 12.8. The highest BCUT2D eigenvalue weighted by molar-refractivity contribution is 5.78. The summed E-state index contributed by atoms with van der Waals surface area (Å²) >= 11 is 0. The van der Waals surface area contributed by atoms with E-state index in [9.17, 15) is 4.79 Å². The fourth-order valence-electron chi connectivity index (χ4n) is 1.90. The zero-order chi connectivity index (χ0) is 14.2. The molecule has 1 heterocycles. The highest BCUT2D eigenvalue weighted by Gasteiger charge is 2.57. The van der Waals surface area contributed by atoms with Gasteiger partial charge in [0, 0.05) is 13.1 Å². The average molecular weight is 257 g/mol. The van der Waals surface area contributed by atoms with Gasteiger partial charge in [-0.1, -0.05) is 47.5 Å². The topological polar surface area (TPSA) is 49.3 Å². The van der Waals surface area contributed by atoms with Gasteiger partial charge in [0.2, 0.25) is 0 Å². The predicted molar refractivity (Wildman–Crippen MR) is 76.8 cm³/mol. The Morgan fingerprint density at radius 3 is 1.78 bits per heavy atom. The molecule has 1 saturated carbocycles. The Balaban J connectivity index is 0.000000315. The first kappa shape index (κ1) is 17.4. The van der Waals surface area contributed by atoms with Crippen LogP contribution in [0.25, 0.3) is 0 Å². The van der Waals surface area contributed by atoms with Crippen LogP contribution in [0.2, 0.25) is 0 Å². The number of aliphatic carboxylic acids is 1. The molecule has 1 aliphatic heterocycles. The highest BCUT2D eigenvalue weighted by atomic mass is 16.4. The molecule has 0 amide bonds. The summed E-state index contributed by atoms with van der Waals surface area (Å²) in [6, 6.07) is 0. The van der Waals surface area contributed by atoms with E-state index in [4.69, 9.17) is 5.11 Å². The van der Waals surface area contributed by atoms with Gasteiger partial charge < -0.3 is 10.4 Å². The van der Waals surface area contributed by atoms with E-state index in [1.165, 1.54) is 12.8 Å². The van der Waals surface area contributed by atoms with Gasteiger partial charge in [-0.05, 0) is 24.7 Å². The average Bonchev–Trinajstić information content (AvgIpc) is 3.11. The SMILES string of the molecule is CC.CCC(C)CC.O=C(O)C1(C2CNC2)CC1. The number of carboxylic acids is 1. The summed E-state index contributed by atoms with van der Waals surface area (Å²) in [6.07, 6.45) is 4.45. The maximum Gasteiger partial charge on any atom is 0.310 e. The van der Waals surface area contributed by atoms with Gasteiger partial charge in [0.1, 0.15) is 0 Å². The lowest BCUT2D eigenvalue weighted by Crippen LogP contribution is -2.49. The van der Waals surface area contributed by atoms with Gasteiger partial charge in [-0.25, -0.2) is 0 Å². The molecule has 0 unspecified atom stereocenters. The van der Waals surface area contributed by atoms with Crippen molar-refractivity contribution in [1.82, 2.24) is 5.32 Å². The van der Waals surface area contributed by atoms with Gasteiger partial charge in [-0.3, -0.25) is 4.79 Å². The molecule has 0 aromatic rings. The minimum absolute atomic E-state index is 0.300. The van der Waals surface area contributed by atoms with Gasteiger partial charge in [0.25, 0.3) is 0 Å². The standard InChI is InChI=1S/C7H11NO2.C6H14.C2H6/c9-6(10)7(1-2-7)5-3-8-4-5;1-4-6(3)5-2;1-2/h5,8H,1-4H2,(H,9,10);6H,4-5H2,1-3H3;1-2H3. The monoisotopic (exact) mass is 257 g/mol. The van der Waals surface area contributed by atoms with Crippen molar-refractivity contribution in [2.45, 2.75) is 60.3 Å². The van der Waals surface area contributed by atoms with E-state index in [1.54, 1.807) is 0 Å². The van der Waals surface area contributed by atoms with Crippen molar-refractivity contribution in [2.75, 3.05) is 13.1 Å². The molecule has 3 heteroatoms. The normalized spacial score (nSPS) is 19.9. The first-order valence-corrected chi connectivity index (χ1v) is 7.51. The second-order valence-corrected chi connectivity index (χ2v) is 5.24. The number of hydrogen-bond donors (Lipinski definition) is 2. The third kappa shape index (κ3) is 4.60. The summed E-state index contributed by atoms with van der Waals surface area (Å²) in [5, 5.41) is 11.9. The summed E-state index contributed by atoms with van der Waals surface area (Å²) in [5.74, 6) is 0.772. The predicted octanol–water partition coefficient (Wildman–Crippen LogP) is 3.54. The maximum atomic E-state index is 10.7. The van der Waals surface area contributed by atoms with E-state index in [0.29, 0.717) is 5.92 Å². The zero-order valence-corrected chi connectivity index (χ0v) is 12.8. The minimum Gasteiger partial charge on any atom is -0.481 e. The Labute approximate surface area is 112 Å². The van der Waals surface area contributed by atoms with Crippen LogP contribution in [0.3, 0.4) is 0 Å². The summed E-state index contributed by atoms with van der Waals surface area (Å²) in [5.41, 5.74) is -0.300. The van der Waals surface area contributed by atoms with E-state index in [2.05, 4.69) is 26.1 Å². The number of nitrogens with one attached hydrogen (secondary N) is 1. The van der Waals surface area contributed by atoms with Gasteiger partial charge in [-0.2, -0.15) is 0 Å². The van der Waals surface area contributed by atoms with Crippen LogP contribution in [0.15, 0.2) is 0 Å². The molecule has 0 aromatic carbocycles. The van der Waals surface area contributed by atoms with Gasteiger partial charge in [0.05, 0.1) is 5.41 Å². The molecule has 0 spiro atoms. The lowest BCUT2D eigenvalue weighted by molar-refractivity contribution is -0.146. The van der Waals surface area contributed by atoms with Crippen LogP contribution in [0, 0.1) is 17.3 Å². The second-order valence-electron chi connectivity index (χ2n) is 5.24. The molecule has 2 aliphatic rings. The Morgan fingerprint density at radius 2 is 1.72 bits per heavy atom. The number of carbonyl (C=O) groups is 1. The summed E-state index contributed by atoms with van der Waals surface area (Å²) in [6.45, 7) is 12.6. The molecule has 1 saturated heterocycles. The van der Waals surface area contributed by atoms with Crippen molar-refractivity contribution in [3.05, 3.63) is 0 Å². The summed E-state index contributed by atoms with van der Waals surface area (Å²) < 4.78 is 0. The Hall–Kier alpha value is -0.570. The molecule has 2 N–H and O–H groups in total. The molecule has 0 aromatic heterocycles. The molecule has 0 radical (unpaired) electrons. The third-order valence-electron chi connectivity index (χ3n) is 4.17. The molecule has 0 atom stereocenters. The van der Waals surface area contributed by atoms with Crippen LogP contribution in [-0.4, -0.2) is 24.2 Å². The minimum atomic E-state index is -0.584. The summed E-state index contributed by atoms with van der Waals surface area (Å²) in [4.78, 5) is 10.7. The van der Waals surface area contributed by atoms with Crippen molar-refractivity contribution in [3.8, 4) is 0 Å². The molecule has 18 heavy (non-hydrogen) atoms. The third-order valence-corrected chi connectivity index (χ3v) is 4.17.